The number of benzene rings is 1. The summed E-state index contributed by atoms with van der Waals surface area (Å²) < 4.78 is 5.02. The molecule has 2 atom stereocenters. The summed E-state index contributed by atoms with van der Waals surface area (Å²) in [5.41, 5.74) is 0.681. The van der Waals surface area contributed by atoms with Gasteiger partial charge in [-0.1, -0.05) is 12.1 Å². The first kappa shape index (κ1) is 18.2. The van der Waals surface area contributed by atoms with Crippen LogP contribution in [0.2, 0.25) is 0 Å². The molecule has 9 heteroatoms. The van der Waals surface area contributed by atoms with Crippen LogP contribution in [0.4, 0.5) is 5.69 Å². The summed E-state index contributed by atoms with van der Waals surface area (Å²) in [6.07, 6.45) is 0. The van der Waals surface area contributed by atoms with Crippen molar-refractivity contribution < 1.29 is 19.4 Å². The fourth-order valence-corrected chi connectivity index (χ4v) is 2.95. The van der Waals surface area contributed by atoms with Gasteiger partial charge in [-0.15, -0.1) is 0 Å². The van der Waals surface area contributed by atoms with Gasteiger partial charge in [-0.05, 0) is 26.3 Å². The Morgan fingerprint density at radius 3 is 2.52 bits per heavy atom. The molecule has 2 rings (SSSR count). The molecular formula is C16H17N3O6. The number of ether oxygens (including phenoxy) is 1. The zero-order valence-electron chi connectivity index (χ0n) is 14.0. The molecular weight excluding hydrogens is 330 g/mol. The van der Waals surface area contributed by atoms with Crippen molar-refractivity contribution >= 4 is 17.4 Å². The number of hydrogen-bond donors (Lipinski definition) is 0. The standard InChI is InChI=1S/C16H17N3O6/c1-4-25-16(20)13-9(2)17-10(3)15(19(23)24)14(13)11-6-5-7-12(8-11)18(21)22/h5-8,14-15H,4H2,1-3H3. The van der Waals surface area contributed by atoms with Gasteiger partial charge in [0.05, 0.1) is 28.7 Å². The number of hydrogen-bond acceptors (Lipinski definition) is 7. The summed E-state index contributed by atoms with van der Waals surface area (Å²) in [4.78, 5) is 38.0. The van der Waals surface area contributed by atoms with E-state index in [1.807, 2.05) is 0 Å². The Labute approximate surface area is 143 Å². The number of carbonyl (C=O) groups excluding carboxylic acids is 1. The Balaban J connectivity index is 2.67. The van der Waals surface area contributed by atoms with Crippen LogP contribution < -0.4 is 0 Å². The first-order chi connectivity index (χ1) is 11.8. The molecule has 0 saturated heterocycles. The van der Waals surface area contributed by atoms with E-state index in [1.54, 1.807) is 13.8 Å². The lowest BCUT2D eigenvalue weighted by Crippen LogP contribution is -2.40. The number of rotatable bonds is 5. The van der Waals surface area contributed by atoms with Crippen molar-refractivity contribution in [3.8, 4) is 0 Å². The van der Waals surface area contributed by atoms with Gasteiger partial charge in [0.1, 0.15) is 0 Å². The Morgan fingerprint density at radius 2 is 1.96 bits per heavy atom. The molecule has 9 nitrogen and oxygen atoms in total. The van der Waals surface area contributed by atoms with Crippen LogP contribution in [0, 0.1) is 20.2 Å². The quantitative estimate of drug-likeness (QED) is 0.458. The van der Waals surface area contributed by atoms with Crippen molar-refractivity contribution in [1.29, 1.82) is 0 Å². The molecule has 1 aliphatic heterocycles. The average molecular weight is 347 g/mol. The Kier molecular flexibility index (Phi) is 5.26. The van der Waals surface area contributed by atoms with Gasteiger partial charge in [-0.2, -0.15) is 0 Å². The predicted octanol–water partition coefficient (Wildman–Crippen LogP) is 2.64. The maximum Gasteiger partial charge on any atom is 0.336 e. The highest BCUT2D eigenvalue weighted by molar-refractivity contribution is 5.98. The van der Waals surface area contributed by atoms with E-state index in [4.69, 9.17) is 4.74 Å². The van der Waals surface area contributed by atoms with Gasteiger partial charge >= 0.3 is 5.97 Å². The number of aliphatic imine (C=N–C) groups is 1. The Hall–Kier alpha value is -3.10. The maximum atomic E-state index is 12.4. The van der Waals surface area contributed by atoms with Gasteiger partial charge in [0.2, 0.25) is 0 Å². The molecule has 1 aromatic carbocycles. The van der Waals surface area contributed by atoms with Crippen LogP contribution in [0.15, 0.2) is 40.5 Å². The fraction of sp³-hybridized carbons (Fsp3) is 0.375. The number of allylic oxidation sites excluding steroid dienone is 1. The van der Waals surface area contributed by atoms with Crippen LogP contribution in [-0.4, -0.2) is 34.2 Å². The molecule has 0 N–H and O–H groups in total. The van der Waals surface area contributed by atoms with Crippen LogP contribution in [0.1, 0.15) is 32.3 Å². The van der Waals surface area contributed by atoms with E-state index in [0.29, 0.717) is 11.3 Å². The molecule has 0 spiro atoms. The highest BCUT2D eigenvalue weighted by Crippen LogP contribution is 2.37. The van der Waals surface area contributed by atoms with Crippen molar-refractivity contribution in [3.05, 3.63) is 61.3 Å². The minimum absolute atomic E-state index is 0.0506. The normalized spacial score (nSPS) is 20.0. The van der Waals surface area contributed by atoms with E-state index in [9.17, 15) is 25.0 Å². The van der Waals surface area contributed by atoms with Gasteiger partial charge in [0, 0.05) is 22.8 Å². The molecule has 0 saturated carbocycles. The largest absolute Gasteiger partial charge is 0.463 e. The highest BCUT2D eigenvalue weighted by Gasteiger charge is 2.45. The van der Waals surface area contributed by atoms with E-state index in [-0.39, 0.29) is 23.6 Å². The van der Waals surface area contributed by atoms with Crippen LogP contribution in [0.5, 0.6) is 0 Å². The third-order valence-corrected chi connectivity index (χ3v) is 3.95. The van der Waals surface area contributed by atoms with Crippen molar-refractivity contribution in [2.75, 3.05) is 6.61 Å². The number of carbonyl (C=O) groups is 1. The fourth-order valence-electron chi connectivity index (χ4n) is 2.95. The first-order valence-electron chi connectivity index (χ1n) is 7.58. The molecule has 25 heavy (non-hydrogen) atoms. The van der Waals surface area contributed by atoms with Gasteiger partial charge in [0.25, 0.3) is 11.7 Å². The molecule has 0 aliphatic carbocycles. The number of esters is 1. The topological polar surface area (TPSA) is 125 Å². The van der Waals surface area contributed by atoms with Gasteiger partial charge in [-0.3, -0.25) is 25.2 Å². The summed E-state index contributed by atoms with van der Waals surface area (Å²) in [7, 11) is 0. The molecule has 132 valence electrons. The van der Waals surface area contributed by atoms with Crippen molar-refractivity contribution in [2.45, 2.75) is 32.7 Å². The van der Waals surface area contributed by atoms with Gasteiger partial charge < -0.3 is 4.74 Å². The Morgan fingerprint density at radius 1 is 1.28 bits per heavy atom. The second-order valence-corrected chi connectivity index (χ2v) is 5.53. The number of nitro groups is 2. The van der Waals surface area contributed by atoms with E-state index in [2.05, 4.69) is 4.99 Å². The minimum Gasteiger partial charge on any atom is -0.463 e. The third-order valence-electron chi connectivity index (χ3n) is 3.95. The molecule has 1 aliphatic rings. The molecule has 0 aromatic heterocycles. The van der Waals surface area contributed by atoms with Crippen molar-refractivity contribution in [1.82, 2.24) is 0 Å². The lowest BCUT2D eigenvalue weighted by Gasteiger charge is -2.27. The lowest BCUT2D eigenvalue weighted by atomic mass is 9.80. The third kappa shape index (κ3) is 3.54. The van der Waals surface area contributed by atoms with E-state index in [0.717, 1.165) is 0 Å². The maximum absolute atomic E-state index is 12.4. The zero-order valence-corrected chi connectivity index (χ0v) is 14.0. The summed E-state index contributed by atoms with van der Waals surface area (Å²) in [5, 5.41) is 22.7. The molecule has 0 amide bonds. The summed E-state index contributed by atoms with van der Waals surface area (Å²) >= 11 is 0. The Bertz CT molecular complexity index is 799. The average Bonchev–Trinajstić information content (AvgIpc) is 2.53. The first-order valence-corrected chi connectivity index (χ1v) is 7.58. The molecule has 1 aromatic rings. The second kappa shape index (κ2) is 7.20. The van der Waals surface area contributed by atoms with Gasteiger partial charge in [-0.25, -0.2) is 4.79 Å². The molecule has 0 fully saturated rings. The molecule has 0 bridgehead atoms. The van der Waals surface area contributed by atoms with E-state index >= 15 is 0 Å². The second-order valence-electron chi connectivity index (χ2n) is 5.53. The zero-order chi connectivity index (χ0) is 18.7. The lowest BCUT2D eigenvalue weighted by molar-refractivity contribution is -0.505. The van der Waals surface area contributed by atoms with E-state index < -0.39 is 27.8 Å². The summed E-state index contributed by atoms with van der Waals surface area (Å²) in [6.45, 7) is 4.79. The number of nitro benzene ring substituents is 1. The smallest absolute Gasteiger partial charge is 0.336 e. The van der Waals surface area contributed by atoms with Gasteiger partial charge in [0.15, 0.2) is 0 Å². The van der Waals surface area contributed by atoms with Crippen LogP contribution in [0.3, 0.4) is 0 Å². The minimum atomic E-state index is -1.30. The van der Waals surface area contributed by atoms with Crippen molar-refractivity contribution in [3.63, 3.8) is 0 Å². The van der Waals surface area contributed by atoms with Crippen molar-refractivity contribution in [2.24, 2.45) is 4.99 Å². The molecule has 0 radical (unpaired) electrons. The highest BCUT2D eigenvalue weighted by atomic mass is 16.6. The monoisotopic (exact) mass is 347 g/mol. The summed E-state index contributed by atoms with van der Waals surface area (Å²) in [6, 6.07) is 4.19. The van der Waals surface area contributed by atoms with Crippen LogP contribution in [-0.2, 0) is 9.53 Å². The number of nitrogens with zero attached hydrogens (tertiary/aromatic N) is 3. The molecule has 2 unspecified atom stereocenters. The van der Waals surface area contributed by atoms with Crippen LogP contribution in [0.25, 0.3) is 0 Å². The van der Waals surface area contributed by atoms with E-state index in [1.165, 1.54) is 31.2 Å². The SMILES string of the molecule is CCOC(=O)C1=C(C)N=C(C)C([N+](=O)[O-])C1c1cccc([N+](=O)[O-])c1. The number of non-ortho nitro benzene ring substituents is 1. The van der Waals surface area contributed by atoms with Crippen LogP contribution >= 0.6 is 0 Å². The molecule has 1 heterocycles. The predicted molar refractivity (Wildman–Crippen MR) is 89.1 cm³/mol. The summed E-state index contributed by atoms with van der Waals surface area (Å²) in [5.74, 6) is -1.72.